The smallest absolute Gasteiger partial charge is 0.230 e. The maximum atomic E-state index is 11.7. The first-order valence-corrected chi connectivity index (χ1v) is 7.42. The summed E-state index contributed by atoms with van der Waals surface area (Å²) in [5.74, 6) is 1.52. The molecule has 3 N–H and O–H groups in total. The molecule has 0 saturated heterocycles. The summed E-state index contributed by atoms with van der Waals surface area (Å²) in [6, 6.07) is 10.3. The van der Waals surface area contributed by atoms with Gasteiger partial charge in [-0.05, 0) is 31.6 Å². The fourth-order valence-electron chi connectivity index (χ4n) is 1.54. The Morgan fingerprint density at radius 3 is 2.61 bits per heavy atom. The molecule has 1 rings (SSSR count). The zero-order chi connectivity index (χ0) is 13.4. The van der Waals surface area contributed by atoms with Crippen LogP contribution >= 0.6 is 11.8 Å². The molecular formula is C14H22N2OS. The van der Waals surface area contributed by atoms with E-state index in [2.05, 4.69) is 5.32 Å². The van der Waals surface area contributed by atoms with Crippen molar-refractivity contribution in [3.05, 3.63) is 35.9 Å². The molecule has 4 heteroatoms. The van der Waals surface area contributed by atoms with Gasteiger partial charge >= 0.3 is 0 Å². The second kappa shape index (κ2) is 8.16. The number of hydrogen-bond acceptors (Lipinski definition) is 3. The topological polar surface area (TPSA) is 55.1 Å². The maximum absolute atomic E-state index is 11.7. The average Bonchev–Trinajstić information content (AvgIpc) is 2.35. The fraction of sp³-hybridized carbons (Fsp3) is 0.500. The van der Waals surface area contributed by atoms with Crippen molar-refractivity contribution in [2.45, 2.75) is 32.4 Å². The number of carbonyl (C=O) groups excluding carboxylic acids is 1. The molecule has 0 radical (unpaired) electrons. The molecule has 0 saturated carbocycles. The summed E-state index contributed by atoms with van der Waals surface area (Å²) in [5.41, 5.74) is 6.78. The third kappa shape index (κ3) is 6.07. The summed E-state index contributed by atoms with van der Waals surface area (Å²) in [4.78, 5) is 11.7. The van der Waals surface area contributed by atoms with E-state index in [1.54, 1.807) is 11.8 Å². The summed E-state index contributed by atoms with van der Waals surface area (Å²) in [6.45, 7) is 3.98. The predicted molar refractivity (Wildman–Crippen MR) is 78.6 cm³/mol. The van der Waals surface area contributed by atoms with Gasteiger partial charge < -0.3 is 11.1 Å². The van der Waals surface area contributed by atoms with Gasteiger partial charge in [0.2, 0.25) is 5.91 Å². The Hall–Kier alpha value is -1.00. The number of benzene rings is 1. The molecular weight excluding hydrogens is 244 g/mol. The third-order valence-corrected chi connectivity index (χ3v) is 3.62. The highest BCUT2D eigenvalue weighted by molar-refractivity contribution is 7.99. The summed E-state index contributed by atoms with van der Waals surface area (Å²) in [5, 5.41) is 2.99. The minimum absolute atomic E-state index is 0.0627. The number of hydrogen-bond donors (Lipinski definition) is 2. The summed E-state index contributed by atoms with van der Waals surface area (Å²) in [6.07, 6.45) is 0.951. The Balaban J connectivity index is 2.24. The van der Waals surface area contributed by atoms with Crippen molar-refractivity contribution in [1.82, 2.24) is 5.32 Å². The first-order chi connectivity index (χ1) is 8.59. The van der Waals surface area contributed by atoms with E-state index < -0.39 is 0 Å². The fourth-order valence-corrected chi connectivity index (χ4v) is 2.49. The van der Waals surface area contributed by atoms with Crippen LogP contribution in [0.1, 0.15) is 31.9 Å². The second-order valence-corrected chi connectivity index (χ2v) is 5.62. The van der Waals surface area contributed by atoms with E-state index in [0.717, 1.165) is 17.7 Å². The van der Waals surface area contributed by atoms with Crippen molar-refractivity contribution in [2.24, 2.45) is 5.73 Å². The first kappa shape index (κ1) is 15.1. The van der Waals surface area contributed by atoms with Crippen LogP contribution < -0.4 is 11.1 Å². The van der Waals surface area contributed by atoms with Gasteiger partial charge in [0.15, 0.2) is 0 Å². The molecule has 2 unspecified atom stereocenters. The molecule has 0 fully saturated rings. The standard InChI is InChI=1S/C14H22N2OS/c1-11(15)8-9-18-10-14(17)16-12(2)13-6-4-3-5-7-13/h3-7,11-12H,8-10,15H2,1-2H3,(H,16,17). The average molecular weight is 266 g/mol. The van der Waals surface area contributed by atoms with Crippen LogP contribution in [0.3, 0.4) is 0 Å². The van der Waals surface area contributed by atoms with E-state index >= 15 is 0 Å². The van der Waals surface area contributed by atoms with Crippen LogP contribution in [0.5, 0.6) is 0 Å². The van der Waals surface area contributed by atoms with Gasteiger partial charge in [-0.3, -0.25) is 4.79 Å². The highest BCUT2D eigenvalue weighted by Gasteiger charge is 2.08. The minimum Gasteiger partial charge on any atom is -0.349 e. The van der Waals surface area contributed by atoms with Crippen LogP contribution in [0.15, 0.2) is 30.3 Å². The first-order valence-electron chi connectivity index (χ1n) is 6.27. The molecule has 0 aromatic heterocycles. The molecule has 3 nitrogen and oxygen atoms in total. The summed E-state index contributed by atoms with van der Waals surface area (Å²) < 4.78 is 0. The molecule has 0 bridgehead atoms. The van der Waals surface area contributed by atoms with E-state index in [1.807, 2.05) is 44.2 Å². The molecule has 0 heterocycles. The van der Waals surface area contributed by atoms with Gasteiger partial charge in [0.1, 0.15) is 0 Å². The van der Waals surface area contributed by atoms with E-state index in [1.165, 1.54) is 0 Å². The number of nitrogens with one attached hydrogen (secondary N) is 1. The van der Waals surface area contributed by atoms with Crippen LogP contribution in [0.4, 0.5) is 0 Å². The van der Waals surface area contributed by atoms with Gasteiger partial charge in [-0.15, -0.1) is 0 Å². The van der Waals surface area contributed by atoms with Gasteiger partial charge in [0.25, 0.3) is 0 Å². The molecule has 1 aromatic rings. The zero-order valence-electron chi connectivity index (χ0n) is 11.1. The lowest BCUT2D eigenvalue weighted by Crippen LogP contribution is -2.28. The Bertz CT molecular complexity index is 354. The lowest BCUT2D eigenvalue weighted by Gasteiger charge is -2.14. The number of thioether (sulfide) groups is 1. The number of rotatable bonds is 7. The van der Waals surface area contributed by atoms with Crippen molar-refractivity contribution < 1.29 is 4.79 Å². The Labute approximate surface area is 114 Å². The number of carbonyl (C=O) groups is 1. The largest absolute Gasteiger partial charge is 0.349 e. The second-order valence-electron chi connectivity index (χ2n) is 4.52. The molecule has 18 heavy (non-hydrogen) atoms. The predicted octanol–water partition coefficient (Wildman–Crippen LogP) is 2.33. The van der Waals surface area contributed by atoms with Crippen molar-refractivity contribution in [1.29, 1.82) is 0 Å². The summed E-state index contributed by atoms with van der Waals surface area (Å²) >= 11 is 1.63. The number of amides is 1. The van der Waals surface area contributed by atoms with E-state index in [9.17, 15) is 4.79 Å². The lowest BCUT2D eigenvalue weighted by molar-refractivity contribution is -0.119. The quantitative estimate of drug-likeness (QED) is 0.745. The Morgan fingerprint density at radius 2 is 2.00 bits per heavy atom. The van der Waals surface area contributed by atoms with Crippen molar-refractivity contribution in [3.63, 3.8) is 0 Å². The zero-order valence-corrected chi connectivity index (χ0v) is 11.9. The lowest BCUT2D eigenvalue weighted by atomic mass is 10.1. The normalized spacial score (nSPS) is 13.9. The molecule has 0 aliphatic rings. The van der Waals surface area contributed by atoms with Crippen LogP contribution in [0.2, 0.25) is 0 Å². The van der Waals surface area contributed by atoms with E-state index in [-0.39, 0.29) is 18.0 Å². The van der Waals surface area contributed by atoms with Crippen LogP contribution in [0, 0.1) is 0 Å². The van der Waals surface area contributed by atoms with Gasteiger partial charge in [-0.25, -0.2) is 0 Å². The summed E-state index contributed by atoms with van der Waals surface area (Å²) in [7, 11) is 0. The van der Waals surface area contributed by atoms with Crippen molar-refractivity contribution in [3.8, 4) is 0 Å². The van der Waals surface area contributed by atoms with Crippen molar-refractivity contribution >= 4 is 17.7 Å². The van der Waals surface area contributed by atoms with Crippen LogP contribution in [-0.4, -0.2) is 23.5 Å². The molecule has 0 spiro atoms. The number of nitrogens with two attached hydrogens (primary N) is 1. The Morgan fingerprint density at radius 1 is 1.33 bits per heavy atom. The minimum atomic E-state index is 0.0627. The van der Waals surface area contributed by atoms with Gasteiger partial charge in [0.05, 0.1) is 11.8 Å². The Kier molecular flexibility index (Phi) is 6.83. The molecule has 1 amide bonds. The van der Waals surface area contributed by atoms with Crippen molar-refractivity contribution in [2.75, 3.05) is 11.5 Å². The maximum Gasteiger partial charge on any atom is 0.230 e. The molecule has 100 valence electrons. The van der Waals surface area contributed by atoms with Crippen LogP contribution in [-0.2, 0) is 4.79 Å². The highest BCUT2D eigenvalue weighted by atomic mass is 32.2. The molecule has 0 aliphatic heterocycles. The molecule has 2 atom stereocenters. The van der Waals surface area contributed by atoms with E-state index in [4.69, 9.17) is 5.73 Å². The van der Waals surface area contributed by atoms with Gasteiger partial charge in [-0.1, -0.05) is 30.3 Å². The van der Waals surface area contributed by atoms with Gasteiger partial charge in [-0.2, -0.15) is 11.8 Å². The third-order valence-electron chi connectivity index (χ3n) is 2.63. The highest BCUT2D eigenvalue weighted by Crippen LogP contribution is 2.11. The van der Waals surface area contributed by atoms with Gasteiger partial charge in [0, 0.05) is 6.04 Å². The van der Waals surface area contributed by atoms with E-state index in [0.29, 0.717) is 5.75 Å². The molecule has 0 aliphatic carbocycles. The monoisotopic (exact) mass is 266 g/mol. The molecule has 1 aromatic carbocycles. The van der Waals surface area contributed by atoms with Crippen LogP contribution in [0.25, 0.3) is 0 Å². The SMILES string of the molecule is CC(N)CCSCC(=O)NC(C)c1ccccc1.